The maximum absolute atomic E-state index is 12.8. The van der Waals surface area contributed by atoms with Crippen molar-refractivity contribution in [2.75, 3.05) is 32.8 Å². The topological polar surface area (TPSA) is 66.9 Å². The van der Waals surface area contributed by atoms with Crippen LogP contribution < -0.4 is 0 Å². The fraction of sp³-hybridized carbons (Fsp3) is 0.640. The van der Waals surface area contributed by atoms with E-state index < -0.39 is 0 Å². The van der Waals surface area contributed by atoms with Crippen molar-refractivity contribution >= 4 is 17.8 Å². The van der Waals surface area contributed by atoms with Crippen LogP contribution in [0.3, 0.4) is 0 Å². The van der Waals surface area contributed by atoms with Gasteiger partial charge in [0.15, 0.2) is 0 Å². The second-order valence-corrected chi connectivity index (χ2v) is 8.23. The van der Waals surface area contributed by atoms with Gasteiger partial charge in [-0.3, -0.25) is 14.4 Å². The highest BCUT2D eigenvalue weighted by Gasteiger charge is 2.28. The minimum Gasteiger partial charge on any atom is -0.466 e. The lowest BCUT2D eigenvalue weighted by Gasteiger charge is -2.31. The molecule has 0 N–H and O–H groups in total. The van der Waals surface area contributed by atoms with Gasteiger partial charge in [0.2, 0.25) is 11.8 Å². The second-order valence-electron chi connectivity index (χ2n) is 8.23. The molecule has 0 radical (unpaired) electrons. The summed E-state index contributed by atoms with van der Waals surface area (Å²) in [5.41, 5.74) is 1.20. The van der Waals surface area contributed by atoms with Crippen molar-refractivity contribution in [3.63, 3.8) is 0 Å². The second kappa shape index (κ2) is 13.8. The summed E-state index contributed by atoms with van der Waals surface area (Å²) in [5.74, 6) is -0.0579. The predicted octanol–water partition coefficient (Wildman–Crippen LogP) is 3.83. The molecule has 6 heteroatoms. The number of nitrogens with zero attached hydrogens (tertiary/aromatic N) is 2. The number of piperidine rings is 1. The van der Waals surface area contributed by atoms with E-state index in [1.165, 1.54) is 5.56 Å². The molecule has 172 valence electrons. The van der Waals surface area contributed by atoms with Gasteiger partial charge in [0.1, 0.15) is 0 Å². The molecule has 6 nitrogen and oxygen atoms in total. The zero-order valence-corrected chi connectivity index (χ0v) is 19.2. The van der Waals surface area contributed by atoms with Crippen molar-refractivity contribution in [2.24, 2.45) is 5.92 Å². The molecule has 1 aromatic carbocycles. The molecular weight excluding hydrogens is 392 g/mol. The first kappa shape index (κ1) is 24.9. The Morgan fingerprint density at radius 2 is 1.71 bits per heavy atom. The van der Waals surface area contributed by atoms with Crippen molar-refractivity contribution < 1.29 is 19.1 Å². The molecule has 0 spiro atoms. The quantitative estimate of drug-likeness (QED) is 0.373. The first-order chi connectivity index (χ1) is 15.0. The molecule has 0 unspecified atom stereocenters. The van der Waals surface area contributed by atoms with E-state index in [2.05, 4.69) is 19.1 Å². The lowest BCUT2D eigenvalue weighted by molar-refractivity contribution is -0.151. The van der Waals surface area contributed by atoms with E-state index in [0.29, 0.717) is 58.5 Å². The molecule has 1 aliphatic rings. The molecule has 1 aromatic rings. The van der Waals surface area contributed by atoms with Crippen molar-refractivity contribution in [1.29, 1.82) is 0 Å². The lowest BCUT2D eigenvalue weighted by Crippen LogP contribution is -2.42. The van der Waals surface area contributed by atoms with Gasteiger partial charge in [-0.05, 0) is 38.2 Å². The fourth-order valence-electron chi connectivity index (χ4n) is 3.97. The average Bonchev–Trinajstić information content (AvgIpc) is 2.80. The van der Waals surface area contributed by atoms with Gasteiger partial charge in [-0.2, -0.15) is 0 Å². The van der Waals surface area contributed by atoms with Gasteiger partial charge in [-0.1, -0.05) is 50.1 Å². The molecular formula is C25H38N2O4. The van der Waals surface area contributed by atoms with Crippen molar-refractivity contribution in [3.05, 3.63) is 35.9 Å². The van der Waals surface area contributed by atoms with Crippen LogP contribution in [0.1, 0.15) is 64.4 Å². The van der Waals surface area contributed by atoms with Crippen LogP contribution in [0.25, 0.3) is 0 Å². The van der Waals surface area contributed by atoms with Gasteiger partial charge < -0.3 is 14.5 Å². The average molecular weight is 431 g/mol. The number of unbranched alkanes of at least 4 members (excludes halogenated alkanes) is 2. The molecule has 1 fully saturated rings. The van der Waals surface area contributed by atoms with Crippen LogP contribution in [0, 0.1) is 5.92 Å². The van der Waals surface area contributed by atoms with Crippen molar-refractivity contribution in [1.82, 2.24) is 9.80 Å². The molecule has 0 bridgehead atoms. The standard InChI is InChI=1S/C25H38N2O4/c1-3-5-7-12-23(28)26(17-13-21-10-8-6-9-11-21)20-16-24(29)27-18-14-22(15-19-27)25(30)31-4-2/h6,8-11,22H,3-5,7,12-20H2,1-2H3. The Morgan fingerprint density at radius 1 is 1.00 bits per heavy atom. The summed E-state index contributed by atoms with van der Waals surface area (Å²) in [6.07, 6.45) is 5.99. The summed E-state index contributed by atoms with van der Waals surface area (Å²) in [4.78, 5) is 41.1. The van der Waals surface area contributed by atoms with Gasteiger partial charge in [0.05, 0.1) is 12.5 Å². The molecule has 0 atom stereocenters. The van der Waals surface area contributed by atoms with Gasteiger partial charge in [0, 0.05) is 39.0 Å². The Hall–Kier alpha value is -2.37. The van der Waals surface area contributed by atoms with Gasteiger partial charge >= 0.3 is 5.97 Å². The Morgan fingerprint density at radius 3 is 2.35 bits per heavy atom. The van der Waals surface area contributed by atoms with Crippen molar-refractivity contribution in [2.45, 2.75) is 65.2 Å². The summed E-state index contributed by atoms with van der Waals surface area (Å²) in [6, 6.07) is 10.1. The Balaban J connectivity index is 1.84. The Kier molecular flexibility index (Phi) is 11.1. The number of amides is 2. The summed E-state index contributed by atoms with van der Waals surface area (Å²) in [5, 5.41) is 0. The van der Waals surface area contributed by atoms with Gasteiger partial charge in [0.25, 0.3) is 0 Å². The van der Waals surface area contributed by atoms with Crippen molar-refractivity contribution in [3.8, 4) is 0 Å². The number of benzene rings is 1. The normalized spacial score (nSPS) is 14.3. The summed E-state index contributed by atoms with van der Waals surface area (Å²) in [7, 11) is 0. The number of rotatable bonds is 12. The summed E-state index contributed by atoms with van der Waals surface area (Å²) in [6.45, 7) is 6.57. The van der Waals surface area contributed by atoms with Crippen LogP contribution >= 0.6 is 0 Å². The molecule has 0 saturated carbocycles. The SMILES string of the molecule is CCCCCC(=O)N(CCC(=O)N1CCC(C(=O)OCC)CC1)CCc1ccccc1. The third-order valence-corrected chi connectivity index (χ3v) is 5.92. The smallest absolute Gasteiger partial charge is 0.309 e. The number of carbonyl (C=O) groups excluding carboxylic acids is 3. The molecule has 0 aliphatic carbocycles. The Bertz CT molecular complexity index is 684. The number of carbonyl (C=O) groups is 3. The third-order valence-electron chi connectivity index (χ3n) is 5.92. The monoisotopic (exact) mass is 430 g/mol. The van der Waals surface area contributed by atoms with Gasteiger partial charge in [-0.15, -0.1) is 0 Å². The van der Waals surface area contributed by atoms with Crippen LogP contribution in [0.15, 0.2) is 30.3 Å². The minimum absolute atomic E-state index is 0.0633. The number of esters is 1. The van der Waals surface area contributed by atoms with E-state index >= 15 is 0 Å². The third kappa shape index (κ3) is 8.72. The molecule has 1 aliphatic heterocycles. The maximum atomic E-state index is 12.8. The van der Waals surface area contributed by atoms with E-state index in [1.807, 2.05) is 34.9 Å². The first-order valence-corrected chi connectivity index (χ1v) is 11.8. The number of hydrogen-bond acceptors (Lipinski definition) is 4. The minimum atomic E-state index is -0.153. The molecule has 2 amide bonds. The van der Waals surface area contributed by atoms with Crippen LogP contribution in [0.4, 0.5) is 0 Å². The molecule has 1 heterocycles. The highest BCUT2D eigenvalue weighted by molar-refractivity contribution is 5.79. The number of ether oxygens (including phenoxy) is 1. The van der Waals surface area contributed by atoms with E-state index in [-0.39, 0.29) is 23.7 Å². The maximum Gasteiger partial charge on any atom is 0.309 e. The number of hydrogen-bond donors (Lipinski definition) is 0. The first-order valence-electron chi connectivity index (χ1n) is 11.8. The molecule has 2 rings (SSSR count). The zero-order chi connectivity index (χ0) is 22.5. The van der Waals surface area contributed by atoms with E-state index in [9.17, 15) is 14.4 Å². The highest BCUT2D eigenvalue weighted by atomic mass is 16.5. The Labute approximate surface area is 186 Å². The summed E-state index contributed by atoms with van der Waals surface area (Å²) >= 11 is 0. The van der Waals surface area contributed by atoms with Crippen LogP contribution in [-0.2, 0) is 25.5 Å². The van der Waals surface area contributed by atoms with E-state index in [1.54, 1.807) is 0 Å². The number of likely N-dealkylation sites (tertiary alicyclic amines) is 1. The largest absolute Gasteiger partial charge is 0.466 e. The lowest BCUT2D eigenvalue weighted by atomic mass is 9.97. The van der Waals surface area contributed by atoms with Gasteiger partial charge in [-0.25, -0.2) is 0 Å². The molecule has 1 saturated heterocycles. The predicted molar refractivity (Wildman–Crippen MR) is 121 cm³/mol. The van der Waals surface area contributed by atoms with Crippen LogP contribution in [0.2, 0.25) is 0 Å². The zero-order valence-electron chi connectivity index (χ0n) is 19.2. The molecule has 0 aromatic heterocycles. The van der Waals surface area contributed by atoms with E-state index in [0.717, 1.165) is 25.7 Å². The summed E-state index contributed by atoms with van der Waals surface area (Å²) < 4.78 is 5.10. The van der Waals surface area contributed by atoms with Crippen LogP contribution in [0.5, 0.6) is 0 Å². The molecule has 31 heavy (non-hydrogen) atoms. The van der Waals surface area contributed by atoms with Crippen LogP contribution in [-0.4, -0.2) is 60.4 Å². The fourth-order valence-corrected chi connectivity index (χ4v) is 3.97. The highest BCUT2D eigenvalue weighted by Crippen LogP contribution is 2.19. The van der Waals surface area contributed by atoms with E-state index in [4.69, 9.17) is 4.74 Å².